The molecule has 1 aliphatic heterocycles. The number of carbonyl (C=O) groups excluding carboxylic acids is 1. The summed E-state index contributed by atoms with van der Waals surface area (Å²) in [7, 11) is 1.53. The monoisotopic (exact) mass is 260 g/mol. The molecule has 2 amide bonds. The number of amides is 2. The van der Waals surface area contributed by atoms with E-state index in [1.165, 1.54) is 7.11 Å². The predicted octanol–water partition coefficient (Wildman–Crippen LogP) is 2.36. The Bertz CT molecular complexity index is 437. The van der Waals surface area contributed by atoms with E-state index in [-0.39, 0.29) is 12.1 Å². The van der Waals surface area contributed by atoms with Gasteiger partial charge in [0.05, 0.1) is 18.2 Å². The number of hydrogen-bond donors (Lipinski definition) is 2. The molecule has 0 aromatic heterocycles. The van der Waals surface area contributed by atoms with Gasteiger partial charge in [-0.1, -0.05) is 23.2 Å². The highest BCUT2D eigenvalue weighted by molar-refractivity contribution is 6.35. The Morgan fingerprint density at radius 3 is 2.75 bits per heavy atom. The van der Waals surface area contributed by atoms with E-state index < -0.39 is 0 Å². The number of carbonyl (C=O) groups is 1. The normalized spacial score (nSPS) is 19.2. The third-order valence-electron chi connectivity index (χ3n) is 2.39. The van der Waals surface area contributed by atoms with Crippen molar-refractivity contribution in [3.8, 4) is 5.75 Å². The van der Waals surface area contributed by atoms with Gasteiger partial charge in [-0.3, -0.25) is 0 Å². The number of benzene rings is 1. The highest BCUT2D eigenvalue weighted by Crippen LogP contribution is 2.36. The summed E-state index contributed by atoms with van der Waals surface area (Å²) in [6.07, 6.45) is 0. The number of nitrogens with one attached hydrogen (secondary N) is 2. The van der Waals surface area contributed by atoms with Crippen LogP contribution in [0.4, 0.5) is 4.79 Å². The van der Waals surface area contributed by atoms with E-state index in [4.69, 9.17) is 27.9 Å². The smallest absolute Gasteiger partial charge is 0.315 e. The number of ether oxygens (including phenoxy) is 1. The standard InChI is InChI=1S/C10H10Cl2N2O2/c1-16-9-6(2-5(11)3-7(9)12)8-4-13-10(15)14-8/h2-3,8H,4H2,1H3,(H2,13,14,15). The maximum absolute atomic E-state index is 11.1. The lowest BCUT2D eigenvalue weighted by atomic mass is 10.1. The van der Waals surface area contributed by atoms with Crippen LogP contribution in [0.3, 0.4) is 0 Å². The summed E-state index contributed by atoms with van der Waals surface area (Å²) < 4.78 is 5.21. The second-order valence-corrected chi connectivity index (χ2v) is 4.26. The van der Waals surface area contributed by atoms with Gasteiger partial charge in [-0.05, 0) is 12.1 Å². The van der Waals surface area contributed by atoms with Crippen LogP contribution in [0.25, 0.3) is 0 Å². The molecular weight excluding hydrogens is 251 g/mol. The molecule has 6 heteroatoms. The first-order valence-corrected chi connectivity index (χ1v) is 5.44. The minimum absolute atomic E-state index is 0.168. The number of rotatable bonds is 2. The van der Waals surface area contributed by atoms with E-state index >= 15 is 0 Å². The zero-order valence-electron chi connectivity index (χ0n) is 8.51. The molecule has 16 heavy (non-hydrogen) atoms. The fraction of sp³-hybridized carbons (Fsp3) is 0.300. The lowest BCUT2D eigenvalue weighted by Gasteiger charge is -2.15. The minimum Gasteiger partial charge on any atom is -0.495 e. The van der Waals surface area contributed by atoms with Crippen LogP contribution in [0, 0.1) is 0 Å². The first-order valence-electron chi connectivity index (χ1n) is 4.69. The number of urea groups is 1. The van der Waals surface area contributed by atoms with Crippen LogP contribution >= 0.6 is 23.2 Å². The van der Waals surface area contributed by atoms with Crippen LogP contribution in [0.15, 0.2) is 12.1 Å². The summed E-state index contributed by atoms with van der Waals surface area (Å²) in [5, 5.41) is 6.37. The molecule has 1 saturated heterocycles. The van der Waals surface area contributed by atoms with Crippen molar-refractivity contribution >= 4 is 29.2 Å². The summed E-state index contributed by atoms with van der Waals surface area (Å²) in [5.74, 6) is 0.542. The third-order valence-corrected chi connectivity index (χ3v) is 2.89. The molecule has 4 nitrogen and oxygen atoms in total. The Kier molecular flexibility index (Phi) is 3.12. The quantitative estimate of drug-likeness (QED) is 0.858. The zero-order chi connectivity index (χ0) is 11.7. The van der Waals surface area contributed by atoms with Crippen molar-refractivity contribution in [3.63, 3.8) is 0 Å². The van der Waals surface area contributed by atoms with Crippen LogP contribution < -0.4 is 15.4 Å². The minimum atomic E-state index is -0.205. The average molecular weight is 261 g/mol. The van der Waals surface area contributed by atoms with Gasteiger partial charge in [0.2, 0.25) is 0 Å². The second kappa shape index (κ2) is 4.39. The van der Waals surface area contributed by atoms with Gasteiger partial charge in [0, 0.05) is 17.1 Å². The molecule has 1 aromatic rings. The van der Waals surface area contributed by atoms with Crippen molar-refractivity contribution in [2.45, 2.75) is 6.04 Å². The first-order chi connectivity index (χ1) is 7.61. The van der Waals surface area contributed by atoms with Gasteiger partial charge in [0.25, 0.3) is 0 Å². The topological polar surface area (TPSA) is 50.4 Å². The van der Waals surface area contributed by atoms with Crippen molar-refractivity contribution in [3.05, 3.63) is 27.7 Å². The predicted molar refractivity (Wildman–Crippen MR) is 62.3 cm³/mol. The molecule has 0 aliphatic carbocycles. The SMILES string of the molecule is COc1c(Cl)cc(Cl)cc1C1CNC(=O)N1. The average Bonchev–Trinajstić information content (AvgIpc) is 2.63. The molecule has 86 valence electrons. The largest absolute Gasteiger partial charge is 0.495 e. The van der Waals surface area contributed by atoms with E-state index in [9.17, 15) is 4.79 Å². The van der Waals surface area contributed by atoms with Crippen molar-refractivity contribution in [1.29, 1.82) is 0 Å². The van der Waals surface area contributed by atoms with Crippen LogP contribution in [0.1, 0.15) is 11.6 Å². The van der Waals surface area contributed by atoms with Crippen molar-refractivity contribution < 1.29 is 9.53 Å². The van der Waals surface area contributed by atoms with Gasteiger partial charge in [-0.15, -0.1) is 0 Å². The van der Waals surface area contributed by atoms with E-state index in [0.717, 1.165) is 5.56 Å². The highest BCUT2D eigenvalue weighted by Gasteiger charge is 2.25. The summed E-state index contributed by atoms with van der Waals surface area (Å²) >= 11 is 11.9. The van der Waals surface area contributed by atoms with Crippen molar-refractivity contribution in [2.24, 2.45) is 0 Å². The zero-order valence-corrected chi connectivity index (χ0v) is 10.0. The summed E-state index contributed by atoms with van der Waals surface area (Å²) in [6.45, 7) is 0.492. The summed E-state index contributed by atoms with van der Waals surface area (Å²) in [5.41, 5.74) is 0.776. The third kappa shape index (κ3) is 2.03. The molecule has 1 aliphatic rings. The molecule has 1 atom stereocenters. The Morgan fingerprint density at radius 1 is 1.44 bits per heavy atom. The van der Waals surface area contributed by atoms with Gasteiger partial charge < -0.3 is 15.4 Å². The second-order valence-electron chi connectivity index (χ2n) is 3.42. The van der Waals surface area contributed by atoms with Gasteiger partial charge in [-0.25, -0.2) is 4.79 Å². The number of halogens is 2. The summed E-state index contributed by atoms with van der Waals surface area (Å²) in [4.78, 5) is 11.1. The lowest BCUT2D eigenvalue weighted by molar-refractivity contribution is 0.247. The molecule has 0 spiro atoms. The molecule has 0 saturated carbocycles. The molecule has 2 rings (SSSR count). The van der Waals surface area contributed by atoms with E-state index in [1.807, 2.05) is 0 Å². The van der Waals surface area contributed by atoms with Gasteiger partial charge in [0.15, 0.2) is 0 Å². The number of hydrogen-bond acceptors (Lipinski definition) is 2. The molecule has 1 unspecified atom stereocenters. The van der Waals surface area contributed by atoms with Crippen LogP contribution in [0.2, 0.25) is 10.0 Å². The maximum Gasteiger partial charge on any atom is 0.315 e. The van der Waals surface area contributed by atoms with Gasteiger partial charge in [0.1, 0.15) is 5.75 Å². The summed E-state index contributed by atoms with van der Waals surface area (Å²) in [6, 6.07) is 2.97. The van der Waals surface area contributed by atoms with E-state index in [1.54, 1.807) is 12.1 Å². The molecule has 0 radical (unpaired) electrons. The van der Waals surface area contributed by atoms with Crippen molar-refractivity contribution in [1.82, 2.24) is 10.6 Å². The van der Waals surface area contributed by atoms with Crippen LogP contribution in [-0.4, -0.2) is 19.7 Å². The Labute approximate surface area is 103 Å². The van der Waals surface area contributed by atoms with E-state index in [0.29, 0.717) is 22.3 Å². The molecule has 1 heterocycles. The van der Waals surface area contributed by atoms with Crippen LogP contribution in [-0.2, 0) is 0 Å². The maximum atomic E-state index is 11.1. The van der Waals surface area contributed by atoms with E-state index in [2.05, 4.69) is 10.6 Å². The van der Waals surface area contributed by atoms with Crippen LogP contribution in [0.5, 0.6) is 5.75 Å². The molecule has 1 fully saturated rings. The molecular formula is C10H10Cl2N2O2. The molecule has 0 bridgehead atoms. The lowest BCUT2D eigenvalue weighted by Crippen LogP contribution is -2.22. The molecule has 1 aromatic carbocycles. The fourth-order valence-electron chi connectivity index (χ4n) is 1.70. The van der Waals surface area contributed by atoms with Gasteiger partial charge in [-0.2, -0.15) is 0 Å². The number of methoxy groups -OCH3 is 1. The first kappa shape index (κ1) is 11.4. The Hall–Kier alpha value is -1.13. The Morgan fingerprint density at radius 2 is 2.19 bits per heavy atom. The highest BCUT2D eigenvalue weighted by atomic mass is 35.5. The van der Waals surface area contributed by atoms with Crippen molar-refractivity contribution in [2.75, 3.05) is 13.7 Å². The van der Waals surface area contributed by atoms with Gasteiger partial charge >= 0.3 is 6.03 Å². The molecule has 2 N–H and O–H groups in total. The Balaban J connectivity index is 2.42. The fourth-order valence-corrected chi connectivity index (χ4v) is 2.28.